The van der Waals surface area contributed by atoms with E-state index in [1.54, 1.807) is 0 Å². The summed E-state index contributed by atoms with van der Waals surface area (Å²) in [6.45, 7) is 13.2. The first-order chi connectivity index (χ1) is 40.6. The molecule has 10 aliphatic rings. The second-order valence-corrected chi connectivity index (χ2v) is 29.1. The van der Waals surface area contributed by atoms with Crippen LogP contribution in [0.4, 0.5) is 0 Å². The molecular weight excluding hydrogens is 1160 g/mol. The predicted octanol–water partition coefficient (Wildman–Crippen LogP) is -4.81. The minimum absolute atomic E-state index is 0.0674. The lowest BCUT2D eigenvalue weighted by molar-refractivity contribution is -0.374. The Morgan fingerprint density at radius 2 is 1.08 bits per heavy atom. The average Bonchev–Trinajstić information content (AvgIpc) is 1.06. The van der Waals surface area contributed by atoms with Crippen LogP contribution in [0.5, 0.6) is 0 Å². The van der Waals surface area contributed by atoms with Gasteiger partial charge < -0.3 is 139 Å². The zero-order valence-corrected chi connectivity index (χ0v) is 50.6. The monoisotopic (exact) mass is 1250 g/mol. The van der Waals surface area contributed by atoms with Gasteiger partial charge in [-0.2, -0.15) is 0 Å². The zero-order valence-electron chi connectivity index (χ0n) is 50.6. The van der Waals surface area contributed by atoms with Gasteiger partial charge in [-0.05, 0) is 103 Å². The van der Waals surface area contributed by atoms with Crippen LogP contribution in [0.15, 0.2) is 11.6 Å². The second kappa shape index (κ2) is 24.7. The van der Waals surface area contributed by atoms with E-state index in [0.717, 1.165) is 18.4 Å². The Morgan fingerprint density at radius 3 is 1.70 bits per heavy atom. The van der Waals surface area contributed by atoms with Gasteiger partial charge in [-0.25, -0.2) is 0 Å². The summed E-state index contributed by atoms with van der Waals surface area (Å²) >= 11 is 0. The van der Waals surface area contributed by atoms with Gasteiger partial charge in [0.15, 0.2) is 31.5 Å². The van der Waals surface area contributed by atoms with E-state index in [4.69, 9.17) is 47.4 Å². The minimum atomic E-state index is -2.51. The van der Waals surface area contributed by atoms with Crippen LogP contribution in [-0.4, -0.2) is 290 Å². The molecule has 28 heteroatoms. The first-order valence-electron chi connectivity index (χ1n) is 30.9. The number of hydrogen-bond donors (Lipinski definition) is 18. The van der Waals surface area contributed by atoms with Crippen molar-refractivity contribution in [1.29, 1.82) is 0 Å². The number of aliphatic hydroxyl groups is 18. The third-order valence-electron chi connectivity index (χ3n) is 23.6. The van der Waals surface area contributed by atoms with Crippen LogP contribution in [0.25, 0.3) is 0 Å². The smallest absolute Gasteiger partial charge is 0.221 e. The number of fused-ring (bicyclic) bond motifs is 7. The molecular formula is C59H98O28. The van der Waals surface area contributed by atoms with Crippen molar-refractivity contribution < 1.29 is 139 Å². The van der Waals surface area contributed by atoms with Gasteiger partial charge in [-0.1, -0.05) is 60.1 Å². The molecule has 28 nitrogen and oxygen atoms in total. The average molecular weight is 1260 g/mol. The third kappa shape index (κ3) is 11.2. The summed E-state index contributed by atoms with van der Waals surface area (Å²) in [6, 6.07) is 0. The van der Waals surface area contributed by atoms with Crippen molar-refractivity contribution in [2.24, 2.45) is 50.2 Å². The fourth-order valence-electron chi connectivity index (χ4n) is 17.8. The lowest BCUT2D eigenvalue weighted by Crippen LogP contribution is -2.69. The summed E-state index contributed by atoms with van der Waals surface area (Å²) in [7, 11) is 0. The summed E-state index contributed by atoms with van der Waals surface area (Å²) in [6.07, 6.45) is -34.1. The Kier molecular flexibility index (Phi) is 19.5. The van der Waals surface area contributed by atoms with Gasteiger partial charge in [0.25, 0.3) is 0 Å². The third-order valence-corrected chi connectivity index (χ3v) is 23.6. The molecule has 5 aliphatic heterocycles. The highest BCUT2D eigenvalue weighted by molar-refractivity contribution is 5.35. The van der Waals surface area contributed by atoms with Crippen molar-refractivity contribution in [1.82, 2.24) is 0 Å². The summed E-state index contributed by atoms with van der Waals surface area (Å²) in [5.41, 5.74) is -2.52. The van der Waals surface area contributed by atoms with E-state index in [9.17, 15) is 91.9 Å². The van der Waals surface area contributed by atoms with Crippen molar-refractivity contribution in [3.8, 4) is 0 Å². The van der Waals surface area contributed by atoms with E-state index in [-0.39, 0.29) is 29.3 Å². The number of rotatable bonds is 15. The van der Waals surface area contributed by atoms with Crippen LogP contribution in [-0.2, 0) is 47.4 Å². The number of hydrogen-bond acceptors (Lipinski definition) is 28. The van der Waals surface area contributed by atoms with Gasteiger partial charge in [0.1, 0.15) is 104 Å². The van der Waals surface area contributed by atoms with Gasteiger partial charge in [-0.15, -0.1) is 0 Å². The molecule has 12 unspecified atom stereocenters. The standard InChI is InChI=1S/C59H98O28/c1-23-32(62)36(66)41(71)50(81-23)86-44-39(69)35(65)28(19-78-48-40(70)37(67)33(63)26(18-60)82-48)84-52(44)80-22-58-16-15-56(7)24(25(58)17-53(2,3)46(75)47(58)76)9-10-30-55(6)13-12-31(54(4,5)29(55)11-14-57(30,56)8)85-51-42(72)38(68)34(64)27(83-51)20-79-49-43(73)45(74)59(77,21-61)87-49/h9,23,25-52,60-77H,10-22H2,1-8H3/t23?,25?,26?,27?,28?,29?,30?,31-,32-,33+,34+,35+,36-,37+,38+,39+,40?,41?,42?,43-,44?,45?,46-,47-,48+,49+,50-,51-,52+,55-,56+,57+,58-,59+/m0/s1. The van der Waals surface area contributed by atoms with E-state index >= 15 is 0 Å². The molecule has 5 aliphatic carbocycles. The highest BCUT2D eigenvalue weighted by atomic mass is 16.8. The number of aliphatic hydroxyl groups excluding tert-OH is 17. The quantitative estimate of drug-likeness (QED) is 0.0540. The van der Waals surface area contributed by atoms with Crippen LogP contribution >= 0.6 is 0 Å². The van der Waals surface area contributed by atoms with E-state index in [1.165, 1.54) is 6.92 Å². The van der Waals surface area contributed by atoms with Crippen molar-refractivity contribution in [3.63, 3.8) is 0 Å². The molecule has 0 bridgehead atoms. The summed E-state index contributed by atoms with van der Waals surface area (Å²) in [5.74, 6) is -2.72. The fourth-order valence-corrected chi connectivity index (χ4v) is 17.8. The van der Waals surface area contributed by atoms with Gasteiger partial charge in [0.2, 0.25) is 5.79 Å². The zero-order chi connectivity index (χ0) is 63.8. The highest BCUT2D eigenvalue weighted by Crippen LogP contribution is 2.76. The van der Waals surface area contributed by atoms with E-state index in [0.29, 0.717) is 38.5 Å². The van der Waals surface area contributed by atoms with Crippen molar-refractivity contribution in [2.75, 3.05) is 33.0 Å². The van der Waals surface area contributed by atoms with E-state index in [2.05, 4.69) is 40.7 Å². The van der Waals surface area contributed by atoms with E-state index in [1.807, 2.05) is 13.8 Å². The molecule has 5 heterocycles. The maximum atomic E-state index is 12.7. The van der Waals surface area contributed by atoms with Crippen LogP contribution in [0.3, 0.4) is 0 Å². The maximum absolute atomic E-state index is 12.7. The molecule has 0 aromatic heterocycles. The lowest BCUT2D eigenvalue weighted by atomic mass is 9.33. The summed E-state index contributed by atoms with van der Waals surface area (Å²) < 4.78 is 59.7. The molecule has 10 rings (SSSR count). The Bertz CT molecular complexity index is 2410. The topological polar surface area (TPSA) is 456 Å². The first kappa shape index (κ1) is 68.5. The minimum Gasteiger partial charge on any atom is -0.394 e. The van der Waals surface area contributed by atoms with Crippen LogP contribution in [0.2, 0.25) is 0 Å². The van der Waals surface area contributed by atoms with E-state index < -0.39 is 219 Å². The maximum Gasteiger partial charge on any atom is 0.221 e. The van der Waals surface area contributed by atoms with Gasteiger partial charge >= 0.3 is 0 Å². The van der Waals surface area contributed by atoms with Gasteiger partial charge in [0.05, 0.1) is 57.5 Å². The van der Waals surface area contributed by atoms with Crippen molar-refractivity contribution in [3.05, 3.63) is 11.6 Å². The molecule has 0 aromatic carbocycles. The Morgan fingerprint density at radius 1 is 0.517 bits per heavy atom. The Balaban J connectivity index is 0.888. The predicted molar refractivity (Wildman–Crippen MR) is 292 cm³/mol. The largest absolute Gasteiger partial charge is 0.394 e. The molecule has 0 aromatic rings. The highest BCUT2D eigenvalue weighted by Gasteiger charge is 2.71. The molecule has 0 spiro atoms. The second-order valence-electron chi connectivity index (χ2n) is 29.1. The van der Waals surface area contributed by atoms with Crippen molar-refractivity contribution >= 4 is 0 Å². The lowest BCUT2D eigenvalue weighted by Gasteiger charge is -2.72. The van der Waals surface area contributed by atoms with Gasteiger partial charge in [-0.3, -0.25) is 0 Å². The molecule has 0 amide bonds. The SMILES string of the molecule is CC1O[C@@H](OC2[C@H](OC[C@@]34CC[C@]5(C)C(=CCC6[C@@]7(C)CC[C@H](O[C@@H]8OC(CO[C@@H]9O[C@](O)(CO)C(O)[C@@H]9O)[C@@H](O)[C@@H](O)C8O)C(C)(C)C7CC[C@]65C)C3CC(C)(C)[C@@H](O)[C@@H]4O)OC(CO[C@@H]3OC(CO)[C@@H](O)[C@@H](O)C3O)[C@@H](O)[C@H]2O)C(O)[C@@H](O)[C@H]1O. The summed E-state index contributed by atoms with van der Waals surface area (Å²) in [5, 5.41) is 196. The van der Waals surface area contributed by atoms with Crippen LogP contribution in [0.1, 0.15) is 107 Å². The number of allylic oxidation sites excluding steroid dienone is 2. The molecule has 18 N–H and O–H groups in total. The molecule has 0 radical (unpaired) electrons. The normalized spacial score (nSPS) is 55.7. The summed E-state index contributed by atoms with van der Waals surface area (Å²) in [4.78, 5) is 0. The Labute approximate surface area is 505 Å². The molecule has 87 heavy (non-hydrogen) atoms. The number of ether oxygens (including phenoxy) is 10. The molecule has 34 atom stereocenters. The fraction of sp³-hybridized carbons (Fsp3) is 0.966. The van der Waals surface area contributed by atoms with Crippen LogP contribution in [0, 0.1) is 50.2 Å². The Hall–Kier alpha value is -1.38. The van der Waals surface area contributed by atoms with Crippen LogP contribution < -0.4 is 0 Å². The molecule has 5 saturated heterocycles. The molecule has 9 fully saturated rings. The first-order valence-corrected chi connectivity index (χ1v) is 30.9. The molecule has 4 saturated carbocycles. The molecule has 502 valence electrons. The van der Waals surface area contributed by atoms with Crippen molar-refractivity contribution in [2.45, 2.75) is 272 Å². The van der Waals surface area contributed by atoms with Gasteiger partial charge in [0, 0.05) is 5.41 Å².